The summed E-state index contributed by atoms with van der Waals surface area (Å²) in [5, 5.41) is 0. The maximum absolute atomic E-state index is 12.7. The van der Waals surface area contributed by atoms with E-state index in [1.165, 1.54) is 11.9 Å². The number of ketones is 1. The fourth-order valence-corrected chi connectivity index (χ4v) is 2.40. The van der Waals surface area contributed by atoms with E-state index in [2.05, 4.69) is 0 Å². The van der Waals surface area contributed by atoms with Gasteiger partial charge in [0.1, 0.15) is 12.2 Å². The molecule has 0 radical (unpaired) electrons. The largest absolute Gasteiger partial charge is 0.456 e. The van der Waals surface area contributed by atoms with Gasteiger partial charge in [-0.15, -0.1) is 0 Å². The SMILES string of the molecule is CC(C(=O)c1ccc2c(c1)OCO2)N(C)C(=O)OCC(C)(C)OC(=O)C(C)(C)C. The van der Waals surface area contributed by atoms with Crippen molar-refractivity contribution in [3.05, 3.63) is 23.8 Å². The minimum atomic E-state index is -0.995. The summed E-state index contributed by atoms with van der Waals surface area (Å²) >= 11 is 0. The summed E-state index contributed by atoms with van der Waals surface area (Å²) in [5.74, 6) is 0.420. The van der Waals surface area contributed by atoms with E-state index >= 15 is 0 Å². The van der Waals surface area contributed by atoms with Crippen molar-refractivity contribution in [3.63, 3.8) is 0 Å². The summed E-state index contributed by atoms with van der Waals surface area (Å²) in [7, 11) is 1.48. The van der Waals surface area contributed by atoms with Crippen molar-refractivity contribution >= 4 is 17.8 Å². The van der Waals surface area contributed by atoms with E-state index in [-0.39, 0.29) is 19.2 Å². The van der Waals surface area contributed by atoms with E-state index in [4.69, 9.17) is 18.9 Å². The minimum absolute atomic E-state index is 0.115. The molecule has 0 aliphatic carbocycles. The van der Waals surface area contributed by atoms with Crippen LogP contribution in [0, 0.1) is 5.41 Å². The highest BCUT2D eigenvalue weighted by Crippen LogP contribution is 2.33. The molecule has 2 rings (SSSR count). The van der Waals surface area contributed by atoms with Crippen molar-refractivity contribution in [1.82, 2.24) is 4.90 Å². The number of esters is 1. The molecule has 160 valence electrons. The second-order valence-corrected chi connectivity index (χ2v) is 8.67. The minimum Gasteiger partial charge on any atom is -0.456 e. The van der Waals surface area contributed by atoms with Crippen LogP contribution in [-0.4, -0.2) is 54.8 Å². The number of hydrogen-bond acceptors (Lipinski definition) is 7. The second-order valence-electron chi connectivity index (χ2n) is 8.67. The fraction of sp³-hybridized carbons (Fsp3) is 0.571. The van der Waals surface area contributed by atoms with Gasteiger partial charge in [-0.25, -0.2) is 4.79 Å². The van der Waals surface area contributed by atoms with E-state index in [0.717, 1.165) is 0 Å². The Bertz CT molecular complexity index is 795. The van der Waals surface area contributed by atoms with Crippen LogP contribution < -0.4 is 9.47 Å². The van der Waals surface area contributed by atoms with Gasteiger partial charge in [-0.2, -0.15) is 0 Å². The summed E-state index contributed by atoms with van der Waals surface area (Å²) in [6.07, 6.45) is -0.688. The van der Waals surface area contributed by atoms with Gasteiger partial charge < -0.3 is 23.8 Å². The Morgan fingerprint density at radius 3 is 2.34 bits per heavy atom. The highest BCUT2D eigenvalue weighted by molar-refractivity contribution is 6.01. The first-order valence-electron chi connectivity index (χ1n) is 9.39. The highest BCUT2D eigenvalue weighted by atomic mass is 16.7. The number of hydrogen-bond donors (Lipinski definition) is 0. The third kappa shape index (κ3) is 5.62. The van der Waals surface area contributed by atoms with Crippen LogP contribution in [0.1, 0.15) is 51.9 Å². The molecule has 1 aliphatic heterocycles. The van der Waals surface area contributed by atoms with E-state index in [1.54, 1.807) is 59.7 Å². The zero-order valence-corrected chi connectivity index (χ0v) is 18.0. The average Bonchev–Trinajstić information content (AvgIpc) is 3.11. The predicted molar refractivity (Wildman–Crippen MR) is 105 cm³/mol. The van der Waals surface area contributed by atoms with Crippen LogP contribution >= 0.6 is 0 Å². The molecule has 8 nitrogen and oxygen atoms in total. The number of Topliss-reactive ketones (excluding diaryl/α,β-unsaturated/α-hetero) is 1. The summed E-state index contributed by atoms with van der Waals surface area (Å²) in [4.78, 5) is 38.4. The number of carbonyl (C=O) groups is 3. The Balaban J connectivity index is 1.95. The Labute approximate surface area is 171 Å². The first kappa shape index (κ1) is 22.5. The molecule has 0 saturated heterocycles. The van der Waals surface area contributed by atoms with Crippen LogP contribution in [0.5, 0.6) is 11.5 Å². The number of carbonyl (C=O) groups excluding carboxylic acids is 3. The number of benzene rings is 1. The van der Waals surface area contributed by atoms with Gasteiger partial charge in [0.05, 0.1) is 11.5 Å². The molecule has 29 heavy (non-hydrogen) atoms. The molecular formula is C21H29NO7. The van der Waals surface area contributed by atoms with Crippen LogP contribution in [0.4, 0.5) is 4.79 Å². The maximum Gasteiger partial charge on any atom is 0.410 e. The van der Waals surface area contributed by atoms with Gasteiger partial charge in [-0.1, -0.05) is 0 Å². The standard InChI is InChI=1S/C21H29NO7/c1-13(17(23)14-8-9-15-16(10-14)28-12-27-15)22(7)19(25)26-11-21(5,6)29-18(24)20(2,3)4/h8-10,13H,11-12H2,1-7H3. The topological polar surface area (TPSA) is 91.4 Å². The van der Waals surface area contributed by atoms with Gasteiger partial charge in [-0.3, -0.25) is 9.59 Å². The zero-order chi connectivity index (χ0) is 22.0. The van der Waals surface area contributed by atoms with E-state index in [1.807, 2.05) is 0 Å². The number of rotatable bonds is 6. The lowest BCUT2D eigenvalue weighted by molar-refractivity contribution is -0.170. The summed E-state index contributed by atoms with van der Waals surface area (Å²) in [5.41, 5.74) is -1.25. The van der Waals surface area contributed by atoms with E-state index in [9.17, 15) is 14.4 Å². The van der Waals surface area contributed by atoms with Crippen LogP contribution in [0.15, 0.2) is 18.2 Å². The number of amides is 1. The lowest BCUT2D eigenvalue weighted by Gasteiger charge is -2.30. The van der Waals surface area contributed by atoms with Gasteiger partial charge in [0.25, 0.3) is 0 Å². The molecule has 1 unspecified atom stereocenters. The number of fused-ring (bicyclic) bond motifs is 1. The normalized spacial score (nSPS) is 14.2. The van der Waals surface area contributed by atoms with Gasteiger partial charge in [-0.05, 0) is 59.7 Å². The quantitative estimate of drug-likeness (QED) is 0.527. The third-order valence-electron chi connectivity index (χ3n) is 4.43. The van der Waals surface area contributed by atoms with Crippen LogP contribution in [0.25, 0.3) is 0 Å². The zero-order valence-electron chi connectivity index (χ0n) is 18.0. The summed E-state index contributed by atoms with van der Waals surface area (Å²) in [6.45, 7) is 10.1. The molecule has 0 fully saturated rings. The molecule has 0 saturated carbocycles. The average molecular weight is 407 g/mol. The molecule has 1 atom stereocenters. The summed E-state index contributed by atoms with van der Waals surface area (Å²) < 4.78 is 21.2. The molecule has 1 aromatic rings. The molecule has 0 N–H and O–H groups in total. The van der Waals surface area contributed by atoms with Crippen molar-refractivity contribution < 1.29 is 33.3 Å². The molecule has 1 amide bonds. The Hall–Kier alpha value is -2.77. The first-order chi connectivity index (χ1) is 13.3. The molecule has 0 aromatic heterocycles. The molecule has 1 aromatic carbocycles. The smallest absolute Gasteiger partial charge is 0.410 e. The van der Waals surface area contributed by atoms with Crippen LogP contribution in [0.3, 0.4) is 0 Å². The van der Waals surface area contributed by atoms with Gasteiger partial charge in [0, 0.05) is 12.6 Å². The van der Waals surface area contributed by atoms with Crippen molar-refractivity contribution in [2.75, 3.05) is 20.4 Å². The molecule has 1 aliphatic rings. The molecule has 1 heterocycles. The lowest BCUT2D eigenvalue weighted by atomic mass is 9.97. The van der Waals surface area contributed by atoms with Crippen molar-refractivity contribution in [2.45, 2.75) is 53.2 Å². The van der Waals surface area contributed by atoms with Crippen LogP contribution in [0.2, 0.25) is 0 Å². The van der Waals surface area contributed by atoms with E-state index in [0.29, 0.717) is 17.1 Å². The van der Waals surface area contributed by atoms with E-state index < -0.39 is 29.1 Å². The first-order valence-corrected chi connectivity index (χ1v) is 9.39. The Morgan fingerprint density at radius 1 is 1.10 bits per heavy atom. The maximum atomic E-state index is 12.7. The lowest BCUT2D eigenvalue weighted by Crippen LogP contribution is -2.44. The van der Waals surface area contributed by atoms with Gasteiger partial charge in [0.15, 0.2) is 17.3 Å². The van der Waals surface area contributed by atoms with Crippen molar-refractivity contribution in [3.8, 4) is 11.5 Å². The van der Waals surface area contributed by atoms with Crippen molar-refractivity contribution in [2.24, 2.45) is 5.41 Å². The van der Waals surface area contributed by atoms with Gasteiger partial charge >= 0.3 is 12.1 Å². The molecule has 8 heteroatoms. The highest BCUT2D eigenvalue weighted by Gasteiger charge is 2.33. The Morgan fingerprint density at radius 2 is 1.72 bits per heavy atom. The predicted octanol–water partition coefficient (Wildman–Crippen LogP) is 3.42. The number of likely N-dealkylation sites (N-methyl/N-ethyl adjacent to an activating group) is 1. The Kier molecular flexibility index (Phi) is 6.45. The molecule has 0 bridgehead atoms. The number of ether oxygens (including phenoxy) is 4. The van der Waals surface area contributed by atoms with Crippen molar-refractivity contribution in [1.29, 1.82) is 0 Å². The molecule has 0 spiro atoms. The second kappa shape index (κ2) is 8.31. The fourth-order valence-electron chi connectivity index (χ4n) is 2.40. The monoisotopic (exact) mass is 407 g/mol. The van der Waals surface area contributed by atoms with Gasteiger partial charge in [0.2, 0.25) is 6.79 Å². The number of nitrogens with zero attached hydrogens (tertiary/aromatic N) is 1. The summed E-state index contributed by atoms with van der Waals surface area (Å²) in [6, 6.07) is 4.12. The molecular weight excluding hydrogens is 378 g/mol. The third-order valence-corrected chi connectivity index (χ3v) is 4.43. The van der Waals surface area contributed by atoms with Crippen LogP contribution in [-0.2, 0) is 14.3 Å².